The Bertz CT molecular complexity index is 462. The molecule has 0 aliphatic heterocycles. The van der Waals surface area contributed by atoms with Crippen molar-refractivity contribution < 1.29 is 0 Å². The van der Waals surface area contributed by atoms with Crippen LogP contribution in [0.3, 0.4) is 0 Å². The molecule has 0 saturated carbocycles. The van der Waals surface area contributed by atoms with Gasteiger partial charge in [0.1, 0.15) is 0 Å². The number of hydrogen-bond acceptors (Lipinski definition) is 3. The normalized spacial score (nSPS) is 13.3. The molecule has 0 N–H and O–H groups in total. The van der Waals surface area contributed by atoms with Crippen molar-refractivity contribution in [1.82, 2.24) is 0 Å². The van der Waals surface area contributed by atoms with E-state index in [2.05, 4.69) is 76.1 Å². The highest BCUT2D eigenvalue weighted by Crippen LogP contribution is 2.33. The molecule has 0 heterocycles. The van der Waals surface area contributed by atoms with E-state index in [9.17, 15) is 0 Å². The predicted molar refractivity (Wildman–Crippen MR) is 104 cm³/mol. The van der Waals surface area contributed by atoms with Gasteiger partial charge in [-0.3, -0.25) is 0 Å². The molecule has 3 heteroatoms. The molecule has 0 aromatic heterocycles. The van der Waals surface area contributed by atoms with Crippen molar-refractivity contribution in [2.75, 3.05) is 18.0 Å². The number of hydrogen-bond donors (Lipinski definition) is 2. The van der Waals surface area contributed by atoms with E-state index in [1.807, 2.05) is 0 Å². The lowest BCUT2D eigenvalue weighted by atomic mass is 9.95. The molecule has 0 aliphatic rings. The van der Waals surface area contributed by atoms with E-state index < -0.39 is 0 Å². The standard InChI is InChI=1S/C18H29NS2/c1-5-10-19(11-6-2)17-9-8-15(14(4)7-3)12-16(17)18(21)13-20/h8-9,12-14,20-21H,5-7,10-11H2,1-4H3/b18-13-. The molecule has 21 heavy (non-hydrogen) atoms. The van der Waals surface area contributed by atoms with Crippen LogP contribution in [0.15, 0.2) is 23.6 Å². The van der Waals surface area contributed by atoms with Crippen molar-refractivity contribution in [3.05, 3.63) is 34.7 Å². The van der Waals surface area contributed by atoms with Crippen LogP contribution in [0, 0.1) is 0 Å². The summed E-state index contributed by atoms with van der Waals surface area (Å²) in [7, 11) is 0. The minimum atomic E-state index is 0.574. The first-order chi connectivity index (χ1) is 10.1. The molecule has 0 radical (unpaired) electrons. The van der Waals surface area contributed by atoms with E-state index in [1.54, 1.807) is 5.41 Å². The third-order valence-electron chi connectivity index (χ3n) is 3.93. The van der Waals surface area contributed by atoms with Crippen LogP contribution in [0.4, 0.5) is 5.69 Å². The zero-order valence-electron chi connectivity index (χ0n) is 13.8. The molecule has 1 aromatic rings. The van der Waals surface area contributed by atoms with Gasteiger partial charge in [-0.2, -0.15) is 12.6 Å². The van der Waals surface area contributed by atoms with Crippen LogP contribution in [0.5, 0.6) is 0 Å². The second-order valence-electron chi connectivity index (χ2n) is 5.59. The van der Waals surface area contributed by atoms with Gasteiger partial charge < -0.3 is 4.90 Å². The molecular weight excluding hydrogens is 294 g/mol. The molecule has 0 amide bonds. The van der Waals surface area contributed by atoms with E-state index >= 15 is 0 Å². The van der Waals surface area contributed by atoms with Gasteiger partial charge in [0.15, 0.2) is 0 Å². The van der Waals surface area contributed by atoms with Crippen LogP contribution in [0.2, 0.25) is 0 Å². The molecule has 1 aromatic carbocycles. The molecule has 0 fully saturated rings. The van der Waals surface area contributed by atoms with Gasteiger partial charge in [0.2, 0.25) is 0 Å². The van der Waals surface area contributed by atoms with Gasteiger partial charge in [-0.25, -0.2) is 0 Å². The summed E-state index contributed by atoms with van der Waals surface area (Å²) >= 11 is 8.92. The number of anilines is 1. The van der Waals surface area contributed by atoms with Crippen molar-refractivity contribution in [2.45, 2.75) is 52.9 Å². The Hall–Kier alpha value is -0.540. The molecule has 1 atom stereocenters. The van der Waals surface area contributed by atoms with Crippen LogP contribution in [0.1, 0.15) is 64.0 Å². The number of thiol groups is 2. The van der Waals surface area contributed by atoms with Crippen LogP contribution >= 0.6 is 25.3 Å². The molecule has 0 aliphatic carbocycles. The summed E-state index contributed by atoms with van der Waals surface area (Å²) < 4.78 is 0. The van der Waals surface area contributed by atoms with Crippen LogP contribution in [-0.4, -0.2) is 13.1 Å². The Morgan fingerprint density at radius 2 is 1.81 bits per heavy atom. The molecule has 0 saturated heterocycles. The topological polar surface area (TPSA) is 3.24 Å². The summed E-state index contributed by atoms with van der Waals surface area (Å²) in [6.45, 7) is 11.1. The van der Waals surface area contributed by atoms with Crippen molar-refractivity contribution in [3.63, 3.8) is 0 Å². The Labute approximate surface area is 141 Å². The Balaban J connectivity index is 3.29. The van der Waals surface area contributed by atoms with Gasteiger partial charge >= 0.3 is 0 Å². The molecule has 1 unspecified atom stereocenters. The van der Waals surface area contributed by atoms with Gasteiger partial charge in [0.25, 0.3) is 0 Å². The van der Waals surface area contributed by atoms with Crippen molar-refractivity contribution >= 4 is 35.9 Å². The SMILES string of the molecule is CCCN(CCC)c1ccc(C(C)CC)cc1/C(S)=C/S. The van der Waals surface area contributed by atoms with Gasteiger partial charge in [-0.05, 0) is 48.3 Å². The Morgan fingerprint density at radius 3 is 2.29 bits per heavy atom. The summed E-state index contributed by atoms with van der Waals surface area (Å²) in [4.78, 5) is 3.40. The van der Waals surface area contributed by atoms with Crippen molar-refractivity contribution in [1.29, 1.82) is 0 Å². The summed E-state index contributed by atoms with van der Waals surface area (Å²) in [5.74, 6) is 0.574. The fourth-order valence-electron chi connectivity index (χ4n) is 2.54. The molecule has 118 valence electrons. The van der Waals surface area contributed by atoms with Crippen LogP contribution in [-0.2, 0) is 0 Å². The average molecular weight is 324 g/mol. The van der Waals surface area contributed by atoms with Crippen molar-refractivity contribution in [3.8, 4) is 0 Å². The van der Waals surface area contributed by atoms with Gasteiger partial charge in [-0.1, -0.05) is 33.8 Å². The lowest BCUT2D eigenvalue weighted by Gasteiger charge is -2.27. The zero-order valence-corrected chi connectivity index (χ0v) is 15.6. The first kappa shape index (κ1) is 18.5. The van der Waals surface area contributed by atoms with Gasteiger partial charge in [-0.15, -0.1) is 12.6 Å². The highest BCUT2D eigenvalue weighted by Gasteiger charge is 2.14. The summed E-state index contributed by atoms with van der Waals surface area (Å²) in [5, 5.41) is 1.79. The fourth-order valence-corrected chi connectivity index (χ4v) is 2.86. The maximum Gasteiger partial charge on any atom is 0.0451 e. The highest BCUT2D eigenvalue weighted by molar-refractivity contribution is 7.92. The van der Waals surface area contributed by atoms with E-state index in [0.717, 1.165) is 37.3 Å². The lowest BCUT2D eigenvalue weighted by molar-refractivity contribution is 0.728. The fraction of sp³-hybridized carbons (Fsp3) is 0.556. The maximum absolute atomic E-state index is 4.62. The van der Waals surface area contributed by atoms with Gasteiger partial charge in [0.05, 0.1) is 0 Å². The quantitative estimate of drug-likeness (QED) is 0.556. The molecule has 0 spiro atoms. The number of nitrogens with zero attached hydrogens (tertiary/aromatic N) is 1. The summed E-state index contributed by atoms with van der Waals surface area (Å²) in [6.07, 6.45) is 3.46. The molecule has 0 bridgehead atoms. The molecular formula is C18H29NS2. The minimum absolute atomic E-state index is 0.574. The first-order valence-electron chi connectivity index (χ1n) is 8.01. The number of benzene rings is 1. The maximum atomic E-state index is 4.62. The van der Waals surface area contributed by atoms with E-state index in [-0.39, 0.29) is 0 Å². The predicted octanol–water partition coefficient (Wildman–Crippen LogP) is 5.98. The minimum Gasteiger partial charge on any atom is -0.371 e. The molecule has 1 rings (SSSR count). The third kappa shape index (κ3) is 5.00. The summed E-state index contributed by atoms with van der Waals surface area (Å²) in [6, 6.07) is 6.82. The number of rotatable bonds is 8. The third-order valence-corrected chi connectivity index (χ3v) is 4.76. The van der Waals surface area contributed by atoms with Crippen LogP contribution in [0.25, 0.3) is 4.91 Å². The van der Waals surface area contributed by atoms with E-state index in [1.165, 1.54) is 16.8 Å². The lowest BCUT2D eigenvalue weighted by Crippen LogP contribution is -2.25. The van der Waals surface area contributed by atoms with Gasteiger partial charge in [0, 0.05) is 29.2 Å². The Kier molecular flexibility index (Phi) is 8.35. The van der Waals surface area contributed by atoms with Crippen molar-refractivity contribution in [2.24, 2.45) is 0 Å². The monoisotopic (exact) mass is 323 g/mol. The second kappa shape index (κ2) is 9.47. The zero-order chi connectivity index (χ0) is 15.8. The van der Waals surface area contributed by atoms with E-state index in [0.29, 0.717) is 5.92 Å². The smallest absolute Gasteiger partial charge is 0.0451 e. The first-order valence-corrected chi connectivity index (χ1v) is 8.97. The summed E-state index contributed by atoms with van der Waals surface area (Å²) in [5.41, 5.74) is 3.86. The molecule has 1 nitrogen and oxygen atoms in total. The largest absolute Gasteiger partial charge is 0.371 e. The highest BCUT2D eigenvalue weighted by atomic mass is 32.1. The van der Waals surface area contributed by atoms with E-state index in [4.69, 9.17) is 0 Å². The Morgan fingerprint density at radius 1 is 1.19 bits per heavy atom. The average Bonchev–Trinajstić information content (AvgIpc) is 2.52. The second-order valence-corrected chi connectivity index (χ2v) is 6.33. The van der Waals surface area contributed by atoms with Crippen LogP contribution < -0.4 is 4.90 Å².